The molecule has 1 amide bonds. The van der Waals surface area contributed by atoms with Gasteiger partial charge in [0.15, 0.2) is 0 Å². The molecule has 9 heteroatoms. The topological polar surface area (TPSA) is 104 Å². The van der Waals surface area contributed by atoms with Crippen molar-refractivity contribution in [2.24, 2.45) is 0 Å². The number of benzene rings is 1. The zero-order valence-corrected chi connectivity index (χ0v) is 15.5. The number of rotatable bonds is 8. The summed E-state index contributed by atoms with van der Waals surface area (Å²) in [7, 11) is 0. The minimum absolute atomic E-state index is 0.102. The number of nitrogens with zero attached hydrogens (tertiary/aromatic N) is 1. The van der Waals surface area contributed by atoms with E-state index in [1.54, 1.807) is 30.3 Å². The third-order valence-electron chi connectivity index (χ3n) is 3.54. The molecule has 0 spiro atoms. The number of thiocarbonyl (C=S) groups is 1. The largest absolute Gasteiger partial charge is 0.494 e. The van der Waals surface area contributed by atoms with Gasteiger partial charge in [-0.15, -0.1) is 0 Å². The Bertz CT molecular complexity index is 759. The first-order valence-corrected chi connectivity index (χ1v) is 9.00. The van der Waals surface area contributed by atoms with Gasteiger partial charge < -0.3 is 14.9 Å². The molecule has 2 rings (SSSR count). The highest BCUT2D eigenvalue weighted by Gasteiger charge is 2.40. The summed E-state index contributed by atoms with van der Waals surface area (Å²) in [5.74, 6) is -2.25. The average molecular weight is 395 g/mol. The Morgan fingerprint density at radius 3 is 2.50 bits per heavy atom. The fraction of sp³-hybridized carbons (Fsp3) is 0.294. The molecule has 1 aromatic carbocycles. The van der Waals surface area contributed by atoms with Gasteiger partial charge in [0.2, 0.25) is 0 Å². The molecule has 138 valence electrons. The molecule has 2 N–H and O–H groups in total. The van der Waals surface area contributed by atoms with Gasteiger partial charge in [0, 0.05) is 6.42 Å². The van der Waals surface area contributed by atoms with E-state index in [2.05, 4.69) is 0 Å². The maximum absolute atomic E-state index is 12.6. The number of aliphatic carboxylic acids is 2. The zero-order chi connectivity index (χ0) is 19.3. The number of carbonyl (C=O) groups excluding carboxylic acids is 1. The second-order valence-electron chi connectivity index (χ2n) is 5.34. The van der Waals surface area contributed by atoms with E-state index in [9.17, 15) is 19.5 Å². The van der Waals surface area contributed by atoms with E-state index in [0.29, 0.717) is 17.3 Å². The van der Waals surface area contributed by atoms with Gasteiger partial charge in [-0.2, -0.15) is 0 Å². The third kappa shape index (κ3) is 4.83. The maximum atomic E-state index is 12.6. The molecule has 26 heavy (non-hydrogen) atoms. The van der Waals surface area contributed by atoms with Gasteiger partial charge in [-0.3, -0.25) is 14.5 Å². The van der Waals surface area contributed by atoms with Gasteiger partial charge in [-0.05, 0) is 37.1 Å². The Labute approximate surface area is 159 Å². The Balaban J connectivity index is 2.20. The van der Waals surface area contributed by atoms with Crippen molar-refractivity contribution in [3.8, 4) is 5.75 Å². The Hall–Kier alpha value is -2.39. The van der Waals surface area contributed by atoms with Crippen LogP contribution < -0.4 is 4.74 Å². The number of hydrogen-bond acceptors (Lipinski definition) is 6. The number of ether oxygens (including phenoxy) is 1. The van der Waals surface area contributed by atoms with Gasteiger partial charge in [-0.25, -0.2) is 4.79 Å². The monoisotopic (exact) mass is 395 g/mol. The zero-order valence-electron chi connectivity index (χ0n) is 13.9. The summed E-state index contributed by atoms with van der Waals surface area (Å²) >= 11 is 6.14. The quantitative estimate of drug-likeness (QED) is 0.511. The van der Waals surface area contributed by atoms with Gasteiger partial charge in [0.25, 0.3) is 5.91 Å². The number of amides is 1. The van der Waals surface area contributed by atoms with Crippen LogP contribution in [0.2, 0.25) is 0 Å². The van der Waals surface area contributed by atoms with Crippen molar-refractivity contribution in [1.29, 1.82) is 0 Å². The SMILES string of the molecule is CCOc1ccc(/C=C2\SC(=S)N([C@H](CCC(=O)O)C(=O)O)C2=O)cc1. The Morgan fingerprint density at radius 2 is 1.96 bits per heavy atom. The van der Waals surface area contributed by atoms with Crippen LogP contribution in [0, 0.1) is 0 Å². The lowest BCUT2D eigenvalue weighted by Gasteiger charge is -2.22. The second-order valence-corrected chi connectivity index (χ2v) is 7.02. The third-order valence-corrected chi connectivity index (χ3v) is 4.87. The molecule has 0 aliphatic carbocycles. The molecule has 0 saturated carbocycles. The second kappa shape index (κ2) is 8.81. The van der Waals surface area contributed by atoms with E-state index in [1.807, 2.05) is 6.92 Å². The highest BCUT2D eigenvalue weighted by molar-refractivity contribution is 8.26. The van der Waals surface area contributed by atoms with Crippen molar-refractivity contribution in [3.63, 3.8) is 0 Å². The van der Waals surface area contributed by atoms with Gasteiger partial charge >= 0.3 is 11.9 Å². The van der Waals surface area contributed by atoms with Crippen LogP contribution in [0.5, 0.6) is 5.75 Å². The molecule has 7 nitrogen and oxygen atoms in total. The molecule has 0 radical (unpaired) electrons. The maximum Gasteiger partial charge on any atom is 0.326 e. The number of carboxylic acid groups (broad SMARTS) is 2. The lowest BCUT2D eigenvalue weighted by atomic mass is 10.1. The van der Waals surface area contributed by atoms with Crippen molar-refractivity contribution < 1.29 is 29.3 Å². The summed E-state index contributed by atoms with van der Waals surface area (Å²) in [5, 5.41) is 18.1. The highest BCUT2D eigenvalue weighted by atomic mass is 32.2. The predicted octanol–water partition coefficient (Wildman–Crippen LogP) is 2.60. The summed E-state index contributed by atoms with van der Waals surface area (Å²) < 4.78 is 5.46. The molecular formula is C17H17NO6S2. The summed E-state index contributed by atoms with van der Waals surface area (Å²) in [5.41, 5.74) is 0.742. The molecular weight excluding hydrogens is 378 g/mol. The summed E-state index contributed by atoms with van der Waals surface area (Å²) in [6, 6.07) is 5.78. The van der Waals surface area contributed by atoms with E-state index >= 15 is 0 Å². The van der Waals surface area contributed by atoms with Crippen LogP contribution in [0.1, 0.15) is 25.3 Å². The van der Waals surface area contributed by atoms with Gasteiger partial charge in [0.1, 0.15) is 16.1 Å². The van der Waals surface area contributed by atoms with Crippen LogP contribution >= 0.6 is 24.0 Å². The van der Waals surface area contributed by atoms with Crippen LogP contribution in [-0.4, -0.2) is 49.9 Å². The lowest BCUT2D eigenvalue weighted by Crippen LogP contribution is -2.44. The van der Waals surface area contributed by atoms with Gasteiger partial charge in [0.05, 0.1) is 11.5 Å². The molecule has 1 saturated heterocycles. The smallest absolute Gasteiger partial charge is 0.326 e. The van der Waals surface area contributed by atoms with Crippen molar-refractivity contribution in [1.82, 2.24) is 4.90 Å². The fourth-order valence-corrected chi connectivity index (χ4v) is 3.71. The van der Waals surface area contributed by atoms with Crippen LogP contribution in [0.25, 0.3) is 6.08 Å². The standard InChI is InChI=1S/C17H17NO6S2/c1-2-24-11-5-3-10(4-6-11)9-13-15(21)18(17(25)26-13)12(16(22)23)7-8-14(19)20/h3-6,9,12H,2,7-8H2,1H3,(H,19,20)(H,22,23)/b13-9-/t12-/m1/s1. The number of carboxylic acids is 2. The van der Waals surface area contributed by atoms with Crippen LogP contribution in [0.15, 0.2) is 29.2 Å². The first-order valence-electron chi connectivity index (χ1n) is 7.78. The lowest BCUT2D eigenvalue weighted by molar-refractivity contribution is -0.146. The molecule has 1 aromatic rings. The minimum Gasteiger partial charge on any atom is -0.494 e. The first-order chi connectivity index (χ1) is 12.3. The van der Waals surface area contributed by atoms with E-state index in [-0.39, 0.29) is 17.2 Å². The van der Waals surface area contributed by atoms with Gasteiger partial charge in [-0.1, -0.05) is 36.1 Å². The number of hydrogen-bond donors (Lipinski definition) is 2. The Morgan fingerprint density at radius 1 is 1.31 bits per heavy atom. The number of carbonyl (C=O) groups is 3. The molecule has 0 bridgehead atoms. The van der Waals surface area contributed by atoms with Crippen molar-refractivity contribution in [2.45, 2.75) is 25.8 Å². The van der Waals surface area contributed by atoms with Crippen LogP contribution in [-0.2, 0) is 14.4 Å². The van der Waals surface area contributed by atoms with Crippen molar-refractivity contribution in [3.05, 3.63) is 34.7 Å². The molecule has 1 aliphatic rings. The molecule has 1 heterocycles. The van der Waals surface area contributed by atoms with Crippen LogP contribution in [0.3, 0.4) is 0 Å². The normalized spacial score (nSPS) is 16.8. The molecule has 0 aromatic heterocycles. The van der Waals surface area contributed by atoms with Crippen molar-refractivity contribution >= 4 is 52.2 Å². The summed E-state index contributed by atoms with van der Waals surface area (Å²) in [4.78, 5) is 36.1. The summed E-state index contributed by atoms with van der Waals surface area (Å²) in [6.07, 6.45) is 1.03. The fourth-order valence-electron chi connectivity index (χ4n) is 2.35. The van der Waals surface area contributed by atoms with E-state index in [4.69, 9.17) is 22.1 Å². The number of thioether (sulfide) groups is 1. The van der Waals surface area contributed by atoms with E-state index in [1.165, 1.54) is 0 Å². The molecule has 0 unspecified atom stereocenters. The van der Waals surface area contributed by atoms with Crippen LogP contribution in [0.4, 0.5) is 0 Å². The van der Waals surface area contributed by atoms with E-state index < -0.39 is 23.9 Å². The molecule has 1 atom stereocenters. The Kier molecular flexibility index (Phi) is 6.76. The molecule has 1 aliphatic heterocycles. The minimum atomic E-state index is -1.30. The highest BCUT2D eigenvalue weighted by Crippen LogP contribution is 2.35. The van der Waals surface area contributed by atoms with E-state index in [0.717, 1.165) is 22.2 Å². The van der Waals surface area contributed by atoms with Crippen molar-refractivity contribution in [2.75, 3.05) is 6.61 Å². The molecule has 1 fully saturated rings. The average Bonchev–Trinajstić information content (AvgIpc) is 2.84. The first kappa shape index (κ1) is 19.9. The summed E-state index contributed by atoms with van der Waals surface area (Å²) in [6.45, 7) is 2.42. The predicted molar refractivity (Wildman–Crippen MR) is 101 cm³/mol.